The van der Waals surface area contributed by atoms with Gasteiger partial charge in [-0.1, -0.05) is 13.8 Å². The molecule has 3 heterocycles. The fourth-order valence-corrected chi connectivity index (χ4v) is 5.61. The Bertz CT molecular complexity index is 988. The summed E-state index contributed by atoms with van der Waals surface area (Å²) in [6.07, 6.45) is -8.83. The zero-order valence-electron chi connectivity index (χ0n) is 24.5. The third kappa shape index (κ3) is 8.25. The van der Waals surface area contributed by atoms with Crippen LogP contribution in [-0.4, -0.2) is 124 Å². The Balaban J connectivity index is 1.73. The molecule has 0 bridgehead atoms. The second-order valence-corrected chi connectivity index (χ2v) is 11.9. The molecule has 3 fully saturated rings. The fourth-order valence-electron chi connectivity index (χ4n) is 5.48. The van der Waals surface area contributed by atoms with Crippen molar-refractivity contribution in [1.29, 1.82) is 0 Å². The zero-order valence-corrected chi connectivity index (χ0v) is 25.3. The lowest BCUT2D eigenvalue weighted by Gasteiger charge is -2.39. The molecule has 3 saturated heterocycles. The largest absolute Gasteiger partial charge is 0.441 e. The van der Waals surface area contributed by atoms with Crippen LogP contribution in [0.15, 0.2) is 0 Å². The van der Waals surface area contributed by atoms with Crippen molar-refractivity contribution in [3.63, 3.8) is 0 Å². The maximum atomic E-state index is 13.5. The van der Waals surface area contributed by atoms with Crippen LogP contribution >= 0.6 is 12.2 Å². The van der Waals surface area contributed by atoms with Crippen molar-refractivity contribution >= 4 is 35.1 Å². The molecule has 0 aromatic carbocycles. The fraction of sp³-hybridized carbons (Fsp3) is 0.846. The van der Waals surface area contributed by atoms with E-state index in [-0.39, 0.29) is 42.8 Å². The molecule has 12 atom stereocenters. The average Bonchev–Trinajstić information content (AvgIpc) is 3.43. The molecule has 0 unspecified atom stereocenters. The molecule has 0 saturated carbocycles. The molecule has 3 rings (SSSR count). The van der Waals surface area contributed by atoms with Crippen LogP contribution in [0.2, 0.25) is 0 Å². The van der Waals surface area contributed by atoms with Gasteiger partial charge in [-0.05, 0) is 39.4 Å². The highest BCUT2D eigenvalue weighted by Gasteiger charge is 2.48. The minimum atomic E-state index is -1.30. The number of aliphatic hydroxyl groups excluding tert-OH is 3. The molecule has 3 aliphatic heterocycles. The van der Waals surface area contributed by atoms with Crippen molar-refractivity contribution in [2.45, 2.75) is 115 Å². The molecular formula is C26H44N4O11S. The molecule has 16 heteroatoms. The minimum Gasteiger partial charge on any atom is -0.441 e. The van der Waals surface area contributed by atoms with Crippen molar-refractivity contribution in [2.75, 3.05) is 13.2 Å². The Hall–Kier alpha value is -2.18. The number of Topliss-reactive ketones (excluding diaryl/α,β-unsaturated/α-hetero) is 1. The summed E-state index contributed by atoms with van der Waals surface area (Å²) >= 11 is 4.87. The van der Waals surface area contributed by atoms with E-state index in [1.54, 1.807) is 27.7 Å². The second kappa shape index (κ2) is 14.5. The lowest BCUT2D eigenvalue weighted by atomic mass is 9.95. The number of nitrogens with two attached hydrogens (primary N) is 2. The number of aliphatic hydroxyl groups is 3. The maximum Gasteiger partial charge on any atom is 0.404 e. The van der Waals surface area contributed by atoms with Gasteiger partial charge >= 0.3 is 6.09 Å². The summed E-state index contributed by atoms with van der Waals surface area (Å²) in [6, 6.07) is -1.97. The first-order valence-corrected chi connectivity index (χ1v) is 14.5. The Morgan fingerprint density at radius 2 is 1.71 bits per heavy atom. The van der Waals surface area contributed by atoms with E-state index in [1.165, 1.54) is 11.8 Å². The van der Waals surface area contributed by atoms with Crippen molar-refractivity contribution in [2.24, 2.45) is 23.3 Å². The molecule has 240 valence electrons. The minimum absolute atomic E-state index is 0.0304. The number of ketones is 1. The van der Waals surface area contributed by atoms with Crippen LogP contribution in [0.1, 0.15) is 47.5 Å². The Morgan fingerprint density at radius 3 is 2.29 bits per heavy atom. The van der Waals surface area contributed by atoms with Gasteiger partial charge in [-0.25, -0.2) is 4.79 Å². The zero-order chi connectivity index (χ0) is 31.5. The predicted octanol–water partition coefficient (Wildman–Crippen LogP) is -1.52. The quantitative estimate of drug-likeness (QED) is 0.144. The normalized spacial score (nSPS) is 36.5. The summed E-state index contributed by atoms with van der Waals surface area (Å²) in [5.74, 6) is -1.62. The Labute approximate surface area is 250 Å². The lowest BCUT2D eigenvalue weighted by molar-refractivity contribution is -0.274. The van der Waals surface area contributed by atoms with Gasteiger partial charge < -0.3 is 60.7 Å². The van der Waals surface area contributed by atoms with Crippen molar-refractivity contribution in [3.05, 3.63) is 0 Å². The van der Waals surface area contributed by atoms with E-state index in [9.17, 15) is 29.7 Å². The number of likely N-dealkylation sites (tertiary alicyclic amines) is 1. The molecule has 0 aromatic heterocycles. The standard InChI is InChI=1S/C26H44N4O11S/c1-10(2)19(33)16-7-15(8-30(16)22(35)18(11(3)31)29-25(27)42)40-23-14(6-17(32)12(4)38-23)9-37-24-20(34)21(13(5)39-24)41-26(28)36/h10-18,20-21,23-24,31-32,34H,6-9H2,1-5H3,(H2,28,36)(H3,27,29,42)/t11-,12-,13-,14-,15+,16-,17+,18+,20+,21+,23-,24+/m0/s1. The first-order chi connectivity index (χ1) is 19.6. The monoisotopic (exact) mass is 620 g/mol. The SMILES string of the molecule is CC(C)C(=O)[C@@H]1C[C@@H](O[C@@H]2O[C@@H](C)[C@H](O)C[C@H]2CO[C@@H]2O[C@@H](C)[C@@H](OC(N)=O)[C@H]2O)CN1C(=O)[C@H](NC(N)=S)[C@H](C)O. The number of amides is 2. The van der Waals surface area contributed by atoms with Gasteiger partial charge in [-0.3, -0.25) is 9.59 Å². The highest BCUT2D eigenvalue weighted by Crippen LogP contribution is 2.33. The maximum absolute atomic E-state index is 13.5. The summed E-state index contributed by atoms with van der Waals surface area (Å²) in [6.45, 7) is 8.15. The van der Waals surface area contributed by atoms with Gasteiger partial charge in [-0.15, -0.1) is 0 Å². The molecule has 42 heavy (non-hydrogen) atoms. The number of ether oxygens (including phenoxy) is 5. The lowest BCUT2D eigenvalue weighted by Crippen LogP contribution is -2.57. The number of hydrogen-bond donors (Lipinski definition) is 6. The van der Waals surface area contributed by atoms with Crippen molar-refractivity contribution < 1.29 is 53.4 Å². The number of nitrogens with zero attached hydrogens (tertiary/aromatic N) is 1. The molecule has 15 nitrogen and oxygen atoms in total. The predicted molar refractivity (Wildman–Crippen MR) is 149 cm³/mol. The second-order valence-electron chi connectivity index (χ2n) is 11.5. The number of hydrogen-bond acceptors (Lipinski definition) is 12. The highest BCUT2D eigenvalue weighted by atomic mass is 32.1. The number of carbonyl (C=O) groups excluding carboxylic acids is 3. The van der Waals surface area contributed by atoms with Crippen LogP contribution in [0.5, 0.6) is 0 Å². The van der Waals surface area contributed by atoms with Gasteiger partial charge in [0.05, 0.1) is 43.2 Å². The molecule has 0 aromatic rings. The summed E-state index contributed by atoms with van der Waals surface area (Å²) in [5.41, 5.74) is 10.6. The number of thiocarbonyl (C=S) groups is 1. The van der Waals surface area contributed by atoms with E-state index in [1.807, 2.05) is 0 Å². The first kappa shape index (κ1) is 34.3. The number of rotatable bonds is 11. The molecule has 3 aliphatic rings. The topological polar surface area (TPSA) is 225 Å². The average molecular weight is 621 g/mol. The van der Waals surface area contributed by atoms with Crippen LogP contribution in [0.25, 0.3) is 0 Å². The van der Waals surface area contributed by atoms with Gasteiger partial charge in [0, 0.05) is 24.8 Å². The van der Waals surface area contributed by atoms with Crippen LogP contribution in [0.4, 0.5) is 4.79 Å². The summed E-state index contributed by atoms with van der Waals surface area (Å²) in [5, 5.41) is 33.7. The molecule has 0 aliphatic carbocycles. The molecule has 0 spiro atoms. The van der Waals surface area contributed by atoms with E-state index in [0.717, 1.165) is 0 Å². The summed E-state index contributed by atoms with van der Waals surface area (Å²) in [7, 11) is 0. The molecule has 2 amide bonds. The van der Waals surface area contributed by atoms with Crippen molar-refractivity contribution in [3.8, 4) is 0 Å². The highest BCUT2D eigenvalue weighted by molar-refractivity contribution is 7.80. The van der Waals surface area contributed by atoms with Gasteiger partial charge in [0.15, 0.2) is 29.6 Å². The van der Waals surface area contributed by atoms with Crippen molar-refractivity contribution in [1.82, 2.24) is 10.2 Å². The van der Waals surface area contributed by atoms with E-state index < -0.39 is 85.3 Å². The summed E-state index contributed by atoms with van der Waals surface area (Å²) in [4.78, 5) is 39.1. The van der Waals surface area contributed by atoms with Crippen LogP contribution < -0.4 is 16.8 Å². The van der Waals surface area contributed by atoms with Crippen LogP contribution in [0, 0.1) is 11.8 Å². The number of carbonyl (C=O) groups is 3. The van der Waals surface area contributed by atoms with Gasteiger partial charge in [-0.2, -0.15) is 0 Å². The van der Waals surface area contributed by atoms with E-state index in [4.69, 9.17) is 47.4 Å². The van der Waals surface area contributed by atoms with E-state index in [0.29, 0.717) is 0 Å². The third-order valence-corrected chi connectivity index (χ3v) is 7.91. The molecule has 0 radical (unpaired) electrons. The Kier molecular flexibility index (Phi) is 11.9. The Morgan fingerprint density at radius 1 is 1.07 bits per heavy atom. The number of primary amides is 1. The van der Waals surface area contributed by atoms with Gasteiger partial charge in [0.25, 0.3) is 0 Å². The summed E-state index contributed by atoms with van der Waals surface area (Å²) < 4.78 is 28.6. The van der Waals surface area contributed by atoms with Crippen LogP contribution in [-0.2, 0) is 33.3 Å². The van der Waals surface area contributed by atoms with E-state index >= 15 is 0 Å². The first-order valence-electron chi connectivity index (χ1n) is 14.1. The van der Waals surface area contributed by atoms with E-state index in [2.05, 4.69) is 5.32 Å². The van der Waals surface area contributed by atoms with Gasteiger partial charge in [0.1, 0.15) is 12.1 Å². The van der Waals surface area contributed by atoms with Crippen LogP contribution in [0.3, 0.4) is 0 Å². The van der Waals surface area contributed by atoms with Gasteiger partial charge in [0.2, 0.25) is 5.91 Å². The number of nitrogens with one attached hydrogen (secondary N) is 1. The third-order valence-electron chi connectivity index (χ3n) is 7.79. The smallest absolute Gasteiger partial charge is 0.404 e. The molecular weight excluding hydrogens is 576 g/mol. The molecule has 8 N–H and O–H groups in total.